The molecule has 4 heteroatoms. The Labute approximate surface area is 149 Å². The molecule has 3 rings (SSSR count). The SMILES string of the molecule is Cc1ccc(S(=O)(=O)Nc2ccccc2Cc2ccccc2)c(C)c1. The summed E-state index contributed by atoms with van der Waals surface area (Å²) in [6.45, 7) is 3.77. The number of hydrogen-bond donors (Lipinski definition) is 1. The highest BCUT2D eigenvalue weighted by atomic mass is 32.2. The molecular formula is C21H21NO2S. The molecule has 3 aromatic rings. The van der Waals surface area contributed by atoms with E-state index in [0.29, 0.717) is 17.0 Å². The van der Waals surface area contributed by atoms with Gasteiger partial charge in [0.15, 0.2) is 0 Å². The first-order valence-electron chi connectivity index (χ1n) is 8.17. The van der Waals surface area contributed by atoms with Crippen LogP contribution in [-0.4, -0.2) is 8.42 Å². The van der Waals surface area contributed by atoms with Crippen molar-refractivity contribution < 1.29 is 8.42 Å². The maximum atomic E-state index is 12.8. The van der Waals surface area contributed by atoms with Crippen molar-refractivity contribution in [1.82, 2.24) is 0 Å². The molecule has 0 aliphatic carbocycles. The first-order chi connectivity index (χ1) is 12.0. The molecule has 0 saturated carbocycles. The van der Waals surface area contributed by atoms with Gasteiger partial charge in [0.2, 0.25) is 0 Å². The first kappa shape index (κ1) is 17.2. The van der Waals surface area contributed by atoms with Crippen LogP contribution in [-0.2, 0) is 16.4 Å². The average Bonchev–Trinajstić information content (AvgIpc) is 2.57. The summed E-state index contributed by atoms with van der Waals surface area (Å²) in [4.78, 5) is 0.313. The van der Waals surface area contributed by atoms with Crippen LogP contribution in [0.4, 0.5) is 5.69 Å². The van der Waals surface area contributed by atoms with Gasteiger partial charge in [0.25, 0.3) is 10.0 Å². The molecule has 3 aromatic carbocycles. The van der Waals surface area contributed by atoms with Crippen LogP contribution in [0.3, 0.4) is 0 Å². The van der Waals surface area contributed by atoms with Gasteiger partial charge in [0, 0.05) is 0 Å². The van der Waals surface area contributed by atoms with Gasteiger partial charge in [-0.05, 0) is 49.1 Å². The average molecular weight is 351 g/mol. The van der Waals surface area contributed by atoms with E-state index in [9.17, 15) is 8.42 Å². The van der Waals surface area contributed by atoms with Gasteiger partial charge in [-0.3, -0.25) is 4.72 Å². The van der Waals surface area contributed by atoms with Crippen molar-refractivity contribution >= 4 is 15.7 Å². The highest BCUT2D eigenvalue weighted by Gasteiger charge is 2.18. The van der Waals surface area contributed by atoms with Crippen molar-refractivity contribution in [2.24, 2.45) is 0 Å². The molecule has 1 N–H and O–H groups in total. The topological polar surface area (TPSA) is 46.2 Å². The Bertz CT molecular complexity index is 980. The minimum absolute atomic E-state index is 0.313. The summed E-state index contributed by atoms with van der Waals surface area (Å²) in [7, 11) is -3.63. The lowest BCUT2D eigenvalue weighted by Crippen LogP contribution is -2.15. The van der Waals surface area contributed by atoms with E-state index in [1.54, 1.807) is 12.1 Å². The Morgan fingerprint density at radius 1 is 0.840 bits per heavy atom. The van der Waals surface area contributed by atoms with E-state index in [1.165, 1.54) is 0 Å². The van der Waals surface area contributed by atoms with Gasteiger partial charge >= 0.3 is 0 Å². The van der Waals surface area contributed by atoms with Crippen LogP contribution < -0.4 is 4.72 Å². The molecule has 0 spiro atoms. The quantitative estimate of drug-likeness (QED) is 0.724. The molecule has 0 aliphatic rings. The van der Waals surface area contributed by atoms with Crippen LogP contribution in [0, 0.1) is 13.8 Å². The molecule has 128 valence electrons. The number of anilines is 1. The Kier molecular flexibility index (Phi) is 4.91. The fourth-order valence-electron chi connectivity index (χ4n) is 2.89. The Balaban J connectivity index is 1.92. The zero-order valence-electron chi connectivity index (χ0n) is 14.4. The van der Waals surface area contributed by atoms with Gasteiger partial charge in [0.05, 0.1) is 10.6 Å². The zero-order valence-corrected chi connectivity index (χ0v) is 15.2. The minimum Gasteiger partial charge on any atom is -0.279 e. The van der Waals surface area contributed by atoms with Crippen LogP contribution in [0.15, 0.2) is 77.7 Å². The normalized spacial score (nSPS) is 11.3. The number of benzene rings is 3. The first-order valence-corrected chi connectivity index (χ1v) is 9.66. The number of nitrogens with one attached hydrogen (secondary N) is 1. The van der Waals surface area contributed by atoms with E-state index in [2.05, 4.69) is 4.72 Å². The fourth-order valence-corrected chi connectivity index (χ4v) is 4.22. The molecule has 0 atom stereocenters. The molecular weight excluding hydrogens is 330 g/mol. The molecule has 0 saturated heterocycles. The van der Waals surface area contributed by atoms with Crippen molar-refractivity contribution in [3.63, 3.8) is 0 Å². The van der Waals surface area contributed by atoms with Crippen LogP contribution in [0.5, 0.6) is 0 Å². The van der Waals surface area contributed by atoms with E-state index >= 15 is 0 Å². The zero-order chi connectivity index (χ0) is 17.9. The van der Waals surface area contributed by atoms with Crippen LogP contribution in [0.25, 0.3) is 0 Å². The van der Waals surface area contributed by atoms with Gasteiger partial charge in [-0.1, -0.05) is 66.2 Å². The summed E-state index contributed by atoms with van der Waals surface area (Å²) in [5.74, 6) is 0. The van der Waals surface area contributed by atoms with Gasteiger partial charge < -0.3 is 0 Å². The second-order valence-electron chi connectivity index (χ2n) is 6.19. The Hall–Kier alpha value is -2.59. The number of aryl methyl sites for hydroxylation is 2. The third kappa shape index (κ3) is 4.09. The second kappa shape index (κ2) is 7.11. The number of para-hydroxylation sites is 1. The van der Waals surface area contributed by atoms with E-state index in [1.807, 2.05) is 74.5 Å². The Morgan fingerprint density at radius 2 is 1.52 bits per heavy atom. The Morgan fingerprint density at radius 3 is 2.24 bits per heavy atom. The number of sulfonamides is 1. The van der Waals surface area contributed by atoms with Crippen LogP contribution >= 0.6 is 0 Å². The van der Waals surface area contributed by atoms with Crippen LogP contribution in [0.1, 0.15) is 22.3 Å². The number of hydrogen-bond acceptors (Lipinski definition) is 2. The summed E-state index contributed by atoms with van der Waals surface area (Å²) in [6.07, 6.45) is 0.673. The molecule has 0 unspecified atom stereocenters. The monoisotopic (exact) mass is 351 g/mol. The summed E-state index contributed by atoms with van der Waals surface area (Å²) in [5.41, 5.74) is 4.49. The molecule has 25 heavy (non-hydrogen) atoms. The summed E-state index contributed by atoms with van der Waals surface area (Å²) in [5, 5.41) is 0. The second-order valence-corrected chi connectivity index (χ2v) is 7.84. The lowest BCUT2D eigenvalue weighted by molar-refractivity contribution is 0.600. The molecule has 0 amide bonds. The summed E-state index contributed by atoms with van der Waals surface area (Å²) >= 11 is 0. The predicted octanol–water partition coefficient (Wildman–Crippen LogP) is 4.70. The third-order valence-electron chi connectivity index (χ3n) is 4.12. The van der Waals surface area contributed by atoms with Crippen molar-refractivity contribution in [2.45, 2.75) is 25.2 Å². The van der Waals surface area contributed by atoms with E-state index < -0.39 is 10.0 Å². The van der Waals surface area contributed by atoms with Crippen molar-refractivity contribution in [1.29, 1.82) is 0 Å². The van der Waals surface area contributed by atoms with Gasteiger partial charge in [-0.15, -0.1) is 0 Å². The van der Waals surface area contributed by atoms with Crippen molar-refractivity contribution in [3.8, 4) is 0 Å². The number of rotatable bonds is 5. The highest BCUT2D eigenvalue weighted by Crippen LogP contribution is 2.24. The van der Waals surface area contributed by atoms with Gasteiger partial charge in [-0.2, -0.15) is 0 Å². The maximum Gasteiger partial charge on any atom is 0.262 e. The standard InChI is InChI=1S/C21H21NO2S/c1-16-12-13-21(17(2)14-16)25(23,24)22-20-11-7-6-10-19(20)15-18-8-4-3-5-9-18/h3-14,22H,15H2,1-2H3. The van der Waals surface area contributed by atoms with E-state index in [4.69, 9.17) is 0 Å². The molecule has 0 fully saturated rings. The van der Waals surface area contributed by atoms with E-state index in [0.717, 1.165) is 22.3 Å². The summed E-state index contributed by atoms with van der Waals surface area (Å²) in [6, 6.07) is 22.9. The molecule has 0 bridgehead atoms. The smallest absolute Gasteiger partial charge is 0.262 e. The lowest BCUT2D eigenvalue weighted by atomic mass is 10.0. The third-order valence-corrected chi connectivity index (χ3v) is 5.64. The van der Waals surface area contributed by atoms with E-state index in [-0.39, 0.29) is 0 Å². The van der Waals surface area contributed by atoms with Crippen molar-refractivity contribution in [2.75, 3.05) is 4.72 Å². The molecule has 0 heterocycles. The largest absolute Gasteiger partial charge is 0.279 e. The molecule has 0 radical (unpaired) electrons. The van der Waals surface area contributed by atoms with Gasteiger partial charge in [-0.25, -0.2) is 8.42 Å². The van der Waals surface area contributed by atoms with Crippen molar-refractivity contribution in [3.05, 3.63) is 95.1 Å². The molecule has 0 aliphatic heterocycles. The van der Waals surface area contributed by atoms with Gasteiger partial charge in [0.1, 0.15) is 0 Å². The van der Waals surface area contributed by atoms with Crippen LogP contribution in [0.2, 0.25) is 0 Å². The molecule has 3 nitrogen and oxygen atoms in total. The highest BCUT2D eigenvalue weighted by molar-refractivity contribution is 7.92. The fraction of sp³-hybridized carbons (Fsp3) is 0.143. The maximum absolute atomic E-state index is 12.8. The minimum atomic E-state index is -3.63. The molecule has 0 aromatic heterocycles. The predicted molar refractivity (Wildman–Crippen MR) is 102 cm³/mol. The lowest BCUT2D eigenvalue weighted by Gasteiger charge is -2.14. The summed E-state index contributed by atoms with van der Waals surface area (Å²) < 4.78 is 28.4.